The summed E-state index contributed by atoms with van der Waals surface area (Å²) >= 11 is 5.87. The van der Waals surface area contributed by atoms with Crippen LogP contribution in [0.5, 0.6) is 5.75 Å². The molecule has 0 bridgehead atoms. The number of benzene rings is 2. The molecule has 4 heteroatoms. The Morgan fingerprint density at radius 1 is 1.24 bits per heavy atom. The summed E-state index contributed by atoms with van der Waals surface area (Å²) < 4.78 is 19.3. The maximum atomic E-state index is 13.6. The first-order valence-corrected chi connectivity index (χ1v) is 7.46. The Balaban J connectivity index is 1.76. The molecule has 0 aliphatic heterocycles. The Labute approximate surface area is 128 Å². The molecule has 2 N–H and O–H groups in total. The molecule has 2 nitrogen and oxygen atoms in total. The summed E-state index contributed by atoms with van der Waals surface area (Å²) in [4.78, 5) is 0. The van der Waals surface area contributed by atoms with Crippen molar-refractivity contribution in [3.63, 3.8) is 0 Å². The van der Waals surface area contributed by atoms with Crippen molar-refractivity contribution in [3.05, 3.63) is 63.9 Å². The second-order valence-corrected chi connectivity index (χ2v) is 5.82. The summed E-state index contributed by atoms with van der Waals surface area (Å²) in [6, 6.07) is 10.5. The quantitative estimate of drug-likeness (QED) is 0.912. The van der Waals surface area contributed by atoms with Gasteiger partial charge in [0.2, 0.25) is 0 Å². The molecular weight excluding hydrogens is 289 g/mol. The zero-order valence-corrected chi connectivity index (χ0v) is 12.4. The van der Waals surface area contributed by atoms with Crippen LogP contribution in [0.15, 0.2) is 36.4 Å². The maximum Gasteiger partial charge on any atom is 0.129 e. The Kier molecular flexibility index (Phi) is 4.13. The van der Waals surface area contributed by atoms with E-state index < -0.39 is 0 Å². The largest absolute Gasteiger partial charge is 0.489 e. The van der Waals surface area contributed by atoms with Crippen molar-refractivity contribution in [2.24, 2.45) is 5.73 Å². The molecule has 0 unspecified atom stereocenters. The lowest BCUT2D eigenvalue weighted by Gasteiger charge is -2.22. The normalized spacial score (nSPS) is 17.4. The summed E-state index contributed by atoms with van der Waals surface area (Å²) in [5, 5.41) is 0.502. The van der Waals surface area contributed by atoms with Crippen LogP contribution in [-0.2, 0) is 13.0 Å². The van der Waals surface area contributed by atoms with Crippen LogP contribution in [0, 0.1) is 5.82 Å². The minimum absolute atomic E-state index is 0.0696. The van der Waals surface area contributed by atoms with Crippen LogP contribution in [0.4, 0.5) is 4.39 Å². The minimum atomic E-state index is -0.311. The van der Waals surface area contributed by atoms with Crippen molar-refractivity contribution in [1.82, 2.24) is 0 Å². The van der Waals surface area contributed by atoms with Crippen LogP contribution in [0.3, 0.4) is 0 Å². The van der Waals surface area contributed by atoms with Crippen molar-refractivity contribution in [2.45, 2.75) is 31.9 Å². The van der Waals surface area contributed by atoms with Gasteiger partial charge in [-0.3, -0.25) is 0 Å². The number of halogens is 2. The number of hydrogen-bond acceptors (Lipinski definition) is 2. The standard InChI is InChI=1S/C17H17ClFNO/c18-13-5-7-16(19)12(8-13)10-21-14-6-4-11-2-1-3-17(20)15(11)9-14/h4-9,17H,1-3,10,20H2/t17-/m1/s1. The topological polar surface area (TPSA) is 35.2 Å². The molecule has 1 aliphatic rings. The molecule has 0 fully saturated rings. The SMILES string of the molecule is N[C@@H]1CCCc2ccc(OCc3cc(Cl)ccc3F)cc21. The Bertz CT molecular complexity index is 659. The predicted molar refractivity (Wildman–Crippen MR) is 82.1 cm³/mol. The number of fused-ring (bicyclic) bond motifs is 1. The Morgan fingerprint density at radius 2 is 2.10 bits per heavy atom. The van der Waals surface area contributed by atoms with Crippen LogP contribution in [-0.4, -0.2) is 0 Å². The van der Waals surface area contributed by atoms with E-state index in [4.69, 9.17) is 22.1 Å². The molecule has 110 valence electrons. The summed E-state index contributed by atoms with van der Waals surface area (Å²) in [5.74, 6) is 0.402. The van der Waals surface area contributed by atoms with Crippen molar-refractivity contribution < 1.29 is 9.13 Å². The van der Waals surface area contributed by atoms with Gasteiger partial charge in [0.15, 0.2) is 0 Å². The fraction of sp³-hybridized carbons (Fsp3) is 0.294. The lowest BCUT2D eigenvalue weighted by Crippen LogP contribution is -2.17. The summed E-state index contributed by atoms with van der Waals surface area (Å²) in [5.41, 5.74) is 9.01. The highest BCUT2D eigenvalue weighted by atomic mass is 35.5. The summed E-state index contributed by atoms with van der Waals surface area (Å²) in [7, 11) is 0. The summed E-state index contributed by atoms with van der Waals surface area (Å²) in [6.07, 6.45) is 3.19. The van der Waals surface area contributed by atoms with Gasteiger partial charge < -0.3 is 10.5 Å². The number of nitrogens with two attached hydrogens (primary N) is 1. The van der Waals surface area contributed by atoms with Gasteiger partial charge in [-0.05, 0) is 60.7 Å². The smallest absolute Gasteiger partial charge is 0.129 e. The molecule has 0 aromatic heterocycles. The van der Waals surface area contributed by atoms with Crippen molar-refractivity contribution >= 4 is 11.6 Å². The van der Waals surface area contributed by atoms with Crippen LogP contribution in [0.2, 0.25) is 5.02 Å². The fourth-order valence-electron chi connectivity index (χ4n) is 2.72. The Hall–Kier alpha value is -1.58. The number of hydrogen-bond donors (Lipinski definition) is 1. The van der Waals surface area contributed by atoms with E-state index in [0.29, 0.717) is 16.3 Å². The highest BCUT2D eigenvalue weighted by molar-refractivity contribution is 6.30. The third kappa shape index (κ3) is 3.20. The van der Waals surface area contributed by atoms with Gasteiger partial charge in [0, 0.05) is 16.6 Å². The third-order valence-corrected chi connectivity index (χ3v) is 4.12. The molecule has 0 spiro atoms. The average molecular weight is 306 g/mol. The van der Waals surface area contributed by atoms with Crippen LogP contribution in [0.1, 0.15) is 35.6 Å². The highest BCUT2D eigenvalue weighted by Gasteiger charge is 2.17. The molecule has 0 amide bonds. The maximum absolute atomic E-state index is 13.6. The molecule has 2 aromatic rings. The van der Waals surface area contributed by atoms with Crippen LogP contribution >= 0.6 is 11.6 Å². The minimum Gasteiger partial charge on any atom is -0.489 e. The zero-order valence-electron chi connectivity index (χ0n) is 11.6. The molecule has 0 saturated carbocycles. The van der Waals surface area contributed by atoms with Crippen molar-refractivity contribution in [3.8, 4) is 5.75 Å². The van der Waals surface area contributed by atoms with Gasteiger partial charge >= 0.3 is 0 Å². The summed E-state index contributed by atoms with van der Waals surface area (Å²) in [6.45, 7) is 0.153. The third-order valence-electron chi connectivity index (χ3n) is 3.88. The van der Waals surface area contributed by atoms with Crippen LogP contribution < -0.4 is 10.5 Å². The van der Waals surface area contributed by atoms with Gasteiger partial charge in [0.25, 0.3) is 0 Å². The number of ether oxygens (including phenoxy) is 1. The molecule has 1 aliphatic carbocycles. The van der Waals surface area contributed by atoms with E-state index in [1.807, 2.05) is 12.1 Å². The van der Waals surface area contributed by atoms with E-state index in [0.717, 1.165) is 24.8 Å². The molecule has 0 saturated heterocycles. The molecule has 2 aromatic carbocycles. The van der Waals surface area contributed by atoms with E-state index in [-0.39, 0.29) is 18.5 Å². The number of aryl methyl sites for hydroxylation is 1. The van der Waals surface area contributed by atoms with Gasteiger partial charge in [0.05, 0.1) is 0 Å². The van der Waals surface area contributed by atoms with Gasteiger partial charge in [-0.25, -0.2) is 4.39 Å². The lowest BCUT2D eigenvalue weighted by molar-refractivity contribution is 0.299. The first kappa shape index (κ1) is 14.4. The van der Waals surface area contributed by atoms with Gasteiger partial charge in [-0.2, -0.15) is 0 Å². The lowest BCUT2D eigenvalue weighted by atomic mass is 9.88. The predicted octanol–water partition coefficient (Wildman–Crippen LogP) is 4.39. The second-order valence-electron chi connectivity index (χ2n) is 5.38. The zero-order chi connectivity index (χ0) is 14.8. The van der Waals surface area contributed by atoms with Crippen molar-refractivity contribution in [1.29, 1.82) is 0 Å². The Morgan fingerprint density at radius 3 is 2.95 bits per heavy atom. The second kappa shape index (κ2) is 6.04. The first-order valence-electron chi connectivity index (χ1n) is 7.08. The average Bonchev–Trinajstić information content (AvgIpc) is 2.49. The van der Waals surface area contributed by atoms with Gasteiger partial charge in [-0.15, -0.1) is 0 Å². The van der Waals surface area contributed by atoms with E-state index in [2.05, 4.69) is 6.07 Å². The van der Waals surface area contributed by atoms with Crippen molar-refractivity contribution in [2.75, 3.05) is 0 Å². The number of rotatable bonds is 3. The van der Waals surface area contributed by atoms with E-state index in [1.165, 1.54) is 17.7 Å². The molecule has 0 radical (unpaired) electrons. The fourth-order valence-corrected chi connectivity index (χ4v) is 2.91. The molecule has 21 heavy (non-hydrogen) atoms. The van der Waals surface area contributed by atoms with E-state index in [9.17, 15) is 4.39 Å². The highest BCUT2D eigenvalue weighted by Crippen LogP contribution is 2.31. The molecule has 3 rings (SSSR count). The molecular formula is C17H17ClFNO. The van der Waals surface area contributed by atoms with Crippen LogP contribution in [0.25, 0.3) is 0 Å². The van der Waals surface area contributed by atoms with Gasteiger partial charge in [0.1, 0.15) is 18.2 Å². The molecule has 1 atom stereocenters. The van der Waals surface area contributed by atoms with Gasteiger partial charge in [-0.1, -0.05) is 17.7 Å². The molecule has 0 heterocycles. The van der Waals surface area contributed by atoms with E-state index >= 15 is 0 Å². The monoisotopic (exact) mass is 305 g/mol. The first-order chi connectivity index (χ1) is 10.1. The van der Waals surface area contributed by atoms with E-state index in [1.54, 1.807) is 6.07 Å².